The molecule has 1 atom stereocenters. The van der Waals surface area contributed by atoms with E-state index in [-0.39, 0.29) is 11.7 Å². The van der Waals surface area contributed by atoms with Crippen LogP contribution in [0.15, 0.2) is 66.0 Å². The van der Waals surface area contributed by atoms with Gasteiger partial charge in [0.05, 0.1) is 5.56 Å². The highest BCUT2D eigenvalue weighted by Gasteiger charge is 2.30. The Bertz CT molecular complexity index is 1350. The van der Waals surface area contributed by atoms with Gasteiger partial charge in [0.25, 0.3) is 0 Å². The molecule has 5 nitrogen and oxygen atoms in total. The number of anilines is 1. The van der Waals surface area contributed by atoms with Gasteiger partial charge in [0, 0.05) is 17.6 Å². The molecule has 0 aliphatic heterocycles. The van der Waals surface area contributed by atoms with Gasteiger partial charge in [0.15, 0.2) is 10.8 Å². The number of carbonyl (C=O) groups is 1. The van der Waals surface area contributed by atoms with Gasteiger partial charge in [-0.1, -0.05) is 55.1 Å². The smallest absolute Gasteiger partial charge is 0.324 e. The molecule has 0 aliphatic carbocycles. The average molecular weight is 499 g/mol. The van der Waals surface area contributed by atoms with Crippen LogP contribution in [0.1, 0.15) is 41.6 Å². The fourth-order valence-electron chi connectivity index (χ4n) is 3.98. The van der Waals surface area contributed by atoms with Crippen molar-refractivity contribution in [2.75, 3.05) is 5.32 Å². The molecule has 0 spiro atoms. The lowest BCUT2D eigenvalue weighted by molar-refractivity contribution is -0.137. The number of nitrogens with zero attached hydrogens (tertiary/aromatic N) is 3. The van der Waals surface area contributed by atoms with Crippen molar-refractivity contribution in [3.63, 3.8) is 0 Å². The normalized spacial score (nSPS) is 12.6. The zero-order chi connectivity index (χ0) is 25.2. The summed E-state index contributed by atoms with van der Waals surface area (Å²) in [5.74, 6) is 0.0677. The van der Waals surface area contributed by atoms with Crippen LogP contribution < -0.4 is 5.32 Å². The molecule has 0 fully saturated rings. The molecule has 0 bridgehead atoms. The summed E-state index contributed by atoms with van der Waals surface area (Å²) >= 11 is 1.28. The maximum Gasteiger partial charge on any atom is 0.416 e. The lowest BCUT2D eigenvalue weighted by Gasteiger charge is -2.21. The standard InChI is InChI=1S/C26H25F3N4OS/c1-4-21(24(34)32-22-16(2)8-5-9-17(22)3)33-23-20(12-7-13-30-23)31-25(33)35-15-18-10-6-11-19(14-18)26(27,28)29/h5-14,21H,4,15H2,1-3H3,(H,32,34). The summed E-state index contributed by atoms with van der Waals surface area (Å²) < 4.78 is 41.2. The van der Waals surface area contributed by atoms with Crippen molar-refractivity contribution in [1.29, 1.82) is 0 Å². The number of hydrogen-bond donors (Lipinski definition) is 1. The number of aryl methyl sites for hydroxylation is 2. The first kappa shape index (κ1) is 24.8. The summed E-state index contributed by atoms with van der Waals surface area (Å²) in [5.41, 5.74) is 3.70. The van der Waals surface area contributed by atoms with Gasteiger partial charge in [-0.3, -0.25) is 9.36 Å². The molecule has 4 rings (SSSR count). The molecule has 4 aromatic rings. The van der Waals surface area contributed by atoms with Gasteiger partial charge in [0.2, 0.25) is 5.91 Å². The molecule has 0 saturated carbocycles. The molecular weight excluding hydrogens is 473 g/mol. The Balaban J connectivity index is 1.67. The van der Waals surface area contributed by atoms with Crippen molar-refractivity contribution >= 4 is 34.5 Å². The van der Waals surface area contributed by atoms with E-state index in [9.17, 15) is 18.0 Å². The highest BCUT2D eigenvalue weighted by atomic mass is 32.2. The molecule has 0 saturated heterocycles. The van der Waals surface area contributed by atoms with E-state index in [2.05, 4.69) is 15.3 Å². The number of amides is 1. The lowest BCUT2D eigenvalue weighted by atomic mass is 10.1. The van der Waals surface area contributed by atoms with E-state index in [0.29, 0.717) is 28.3 Å². The minimum Gasteiger partial charge on any atom is -0.324 e. The number of rotatable bonds is 7. The largest absolute Gasteiger partial charge is 0.416 e. The summed E-state index contributed by atoms with van der Waals surface area (Å²) in [6.45, 7) is 5.78. The van der Waals surface area contributed by atoms with E-state index >= 15 is 0 Å². The quantitative estimate of drug-likeness (QED) is 0.280. The van der Waals surface area contributed by atoms with Gasteiger partial charge in [-0.25, -0.2) is 9.97 Å². The van der Waals surface area contributed by atoms with Crippen LogP contribution in [0.4, 0.5) is 18.9 Å². The first-order valence-electron chi connectivity index (χ1n) is 11.2. The fraction of sp³-hybridized carbons (Fsp3) is 0.269. The number of aromatic nitrogens is 3. The molecule has 9 heteroatoms. The van der Waals surface area contributed by atoms with Crippen LogP contribution in [0.2, 0.25) is 0 Å². The van der Waals surface area contributed by atoms with E-state index in [0.717, 1.165) is 28.9 Å². The van der Waals surface area contributed by atoms with Crippen LogP contribution >= 0.6 is 11.8 Å². The van der Waals surface area contributed by atoms with E-state index in [1.807, 2.05) is 45.0 Å². The summed E-state index contributed by atoms with van der Waals surface area (Å²) in [5, 5.41) is 3.59. The summed E-state index contributed by atoms with van der Waals surface area (Å²) in [7, 11) is 0. The zero-order valence-electron chi connectivity index (χ0n) is 19.6. The van der Waals surface area contributed by atoms with Gasteiger partial charge >= 0.3 is 6.18 Å². The minimum absolute atomic E-state index is 0.198. The molecule has 2 aromatic carbocycles. The molecule has 2 aromatic heterocycles. The van der Waals surface area contributed by atoms with Gasteiger partial charge < -0.3 is 5.32 Å². The minimum atomic E-state index is -4.41. The number of imidazole rings is 1. The van der Waals surface area contributed by atoms with Crippen LogP contribution in [0.3, 0.4) is 0 Å². The second kappa shape index (κ2) is 10.1. The number of pyridine rings is 1. The number of alkyl halides is 3. The Labute approximate surface area is 205 Å². The number of fused-ring (bicyclic) bond motifs is 1. The maximum absolute atomic E-state index is 13.4. The lowest BCUT2D eigenvalue weighted by Crippen LogP contribution is -2.27. The SMILES string of the molecule is CCC(C(=O)Nc1c(C)cccc1C)n1c(SCc2cccc(C(F)(F)F)c2)nc2cccnc21. The predicted octanol–water partition coefficient (Wildman–Crippen LogP) is 6.95. The molecule has 35 heavy (non-hydrogen) atoms. The van der Waals surface area contributed by atoms with E-state index in [4.69, 9.17) is 0 Å². The van der Waals surface area contributed by atoms with Crippen LogP contribution in [-0.4, -0.2) is 20.4 Å². The van der Waals surface area contributed by atoms with Crippen LogP contribution in [0.25, 0.3) is 11.2 Å². The molecule has 1 amide bonds. The Kier molecular flexibility index (Phi) is 7.16. The third kappa shape index (κ3) is 5.35. The molecule has 182 valence electrons. The number of thioether (sulfide) groups is 1. The Hall–Kier alpha value is -3.33. The highest BCUT2D eigenvalue weighted by Crippen LogP contribution is 2.34. The predicted molar refractivity (Wildman–Crippen MR) is 132 cm³/mol. The molecule has 2 heterocycles. The van der Waals surface area contributed by atoms with Gasteiger partial charge in [-0.05, 0) is 55.2 Å². The Morgan fingerprint density at radius 1 is 1.09 bits per heavy atom. The summed E-state index contributed by atoms with van der Waals surface area (Å²) in [4.78, 5) is 22.6. The molecule has 1 N–H and O–H groups in total. The summed E-state index contributed by atoms with van der Waals surface area (Å²) in [6, 6.07) is 14.0. The van der Waals surface area contributed by atoms with E-state index < -0.39 is 17.8 Å². The number of halogens is 3. The highest BCUT2D eigenvalue weighted by molar-refractivity contribution is 7.98. The van der Waals surface area contributed by atoms with Crippen molar-refractivity contribution in [2.24, 2.45) is 0 Å². The van der Waals surface area contributed by atoms with Crippen molar-refractivity contribution < 1.29 is 18.0 Å². The Morgan fingerprint density at radius 2 is 1.80 bits per heavy atom. The van der Waals surface area contributed by atoms with Gasteiger partial charge in [-0.15, -0.1) is 0 Å². The summed E-state index contributed by atoms with van der Waals surface area (Å²) in [6.07, 6.45) is -2.29. The zero-order valence-corrected chi connectivity index (χ0v) is 20.4. The van der Waals surface area contributed by atoms with Crippen molar-refractivity contribution in [1.82, 2.24) is 14.5 Å². The second-order valence-electron chi connectivity index (χ2n) is 8.28. The first-order valence-corrected chi connectivity index (χ1v) is 12.2. The monoisotopic (exact) mass is 498 g/mol. The van der Waals surface area contributed by atoms with Crippen LogP contribution in [-0.2, 0) is 16.7 Å². The molecular formula is C26H25F3N4OS. The van der Waals surface area contributed by atoms with Gasteiger partial charge in [-0.2, -0.15) is 13.2 Å². The number of nitrogens with one attached hydrogen (secondary N) is 1. The second-order valence-corrected chi connectivity index (χ2v) is 9.22. The average Bonchev–Trinajstić information content (AvgIpc) is 3.19. The van der Waals surface area contributed by atoms with Crippen molar-refractivity contribution in [3.8, 4) is 0 Å². The third-order valence-corrected chi connectivity index (χ3v) is 6.79. The maximum atomic E-state index is 13.4. The van der Waals surface area contributed by atoms with Crippen molar-refractivity contribution in [2.45, 2.75) is 50.3 Å². The number of hydrogen-bond acceptors (Lipinski definition) is 4. The van der Waals surface area contributed by atoms with E-state index in [1.54, 1.807) is 22.9 Å². The molecule has 0 aliphatic rings. The van der Waals surface area contributed by atoms with Gasteiger partial charge in [0.1, 0.15) is 11.6 Å². The van der Waals surface area contributed by atoms with E-state index in [1.165, 1.54) is 17.8 Å². The topological polar surface area (TPSA) is 59.8 Å². The first-order chi connectivity index (χ1) is 16.7. The number of benzene rings is 2. The van der Waals surface area contributed by atoms with Crippen LogP contribution in [0, 0.1) is 13.8 Å². The van der Waals surface area contributed by atoms with Crippen LogP contribution in [0.5, 0.6) is 0 Å². The number of carbonyl (C=O) groups excluding carboxylic acids is 1. The Morgan fingerprint density at radius 3 is 2.49 bits per heavy atom. The third-order valence-electron chi connectivity index (χ3n) is 5.77. The molecule has 0 radical (unpaired) electrons. The number of para-hydroxylation sites is 1. The fourth-order valence-corrected chi connectivity index (χ4v) is 4.97. The van der Waals surface area contributed by atoms with Crippen molar-refractivity contribution in [3.05, 3.63) is 83.0 Å². The molecule has 1 unspecified atom stereocenters.